The summed E-state index contributed by atoms with van der Waals surface area (Å²) >= 11 is 0. The first-order chi connectivity index (χ1) is 9.22. The van der Waals surface area contributed by atoms with Crippen LogP contribution in [0.5, 0.6) is 0 Å². The van der Waals surface area contributed by atoms with Crippen LogP contribution in [0, 0.1) is 0 Å². The summed E-state index contributed by atoms with van der Waals surface area (Å²) in [6.07, 6.45) is 3.25. The monoisotopic (exact) mass is 260 g/mol. The third-order valence-electron chi connectivity index (χ3n) is 3.21. The number of nitrogens with zero attached hydrogens (tertiary/aromatic N) is 5. The minimum atomic E-state index is 0.453. The highest BCUT2D eigenvalue weighted by Crippen LogP contribution is 2.21. The fraction of sp³-hybridized carbons (Fsp3) is 0.417. The van der Waals surface area contributed by atoms with Gasteiger partial charge in [-0.05, 0) is 18.3 Å². The van der Waals surface area contributed by atoms with E-state index in [9.17, 15) is 0 Å². The van der Waals surface area contributed by atoms with Gasteiger partial charge in [0.1, 0.15) is 0 Å². The summed E-state index contributed by atoms with van der Waals surface area (Å²) in [5.41, 5.74) is 7.02. The van der Waals surface area contributed by atoms with Crippen molar-refractivity contribution in [1.29, 1.82) is 0 Å². The Labute approximate surface area is 111 Å². The van der Waals surface area contributed by atoms with Crippen LogP contribution < -0.4 is 10.6 Å². The van der Waals surface area contributed by atoms with Gasteiger partial charge in [-0.1, -0.05) is 0 Å². The molecule has 7 nitrogen and oxygen atoms in total. The van der Waals surface area contributed by atoms with Gasteiger partial charge in [0.05, 0.1) is 11.3 Å². The quantitative estimate of drug-likeness (QED) is 0.839. The number of nitrogens with two attached hydrogens (primary N) is 1. The number of nitrogen functional groups attached to an aromatic ring is 1. The molecule has 0 aromatic carbocycles. The molecule has 2 aromatic heterocycles. The zero-order chi connectivity index (χ0) is 13.2. The molecule has 1 aliphatic rings. The van der Waals surface area contributed by atoms with Crippen LogP contribution >= 0.6 is 0 Å². The fourth-order valence-corrected chi connectivity index (χ4v) is 2.04. The zero-order valence-electron chi connectivity index (χ0n) is 10.8. The first kappa shape index (κ1) is 11.9. The van der Waals surface area contributed by atoms with Crippen LogP contribution in [0.1, 0.15) is 0 Å². The fourth-order valence-electron chi connectivity index (χ4n) is 2.04. The Morgan fingerprint density at radius 3 is 2.74 bits per heavy atom. The predicted molar refractivity (Wildman–Crippen MR) is 71.7 cm³/mol. The molecule has 19 heavy (non-hydrogen) atoms. The second-order valence-corrected chi connectivity index (χ2v) is 4.70. The van der Waals surface area contributed by atoms with Crippen LogP contribution in [0.25, 0.3) is 11.5 Å². The third-order valence-corrected chi connectivity index (χ3v) is 3.21. The smallest absolute Gasteiger partial charge is 0.266 e. The van der Waals surface area contributed by atoms with E-state index >= 15 is 0 Å². The van der Waals surface area contributed by atoms with Crippen molar-refractivity contribution < 1.29 is 4.52 Å². The highest BCUT2D eigenvalue weighted by atomic mass is 16.5. The lowest BCUT2D eigenvalue weighted by Crippen LogP contribution is -2.44. The van der Waals surface area contributed by atoms with E-state index in [1.54, 1.807) is 18.5 Å². The Morgan fingerprint density at radius 2 is 2.00 bits per heavy atom. The molecule has 0 radical (unpaired) electrons. The average Bonchev–Trinajstić information content (AvgIpc) is 2.89. The molecule has 0 saturated carbocycles. The number of anilines is 2. The van der Waals surface area contributed by atoms with Crippen molar-refractivity contribution in [3.8, 4) is 11.5 Å². The maximum Gasteiger partial charge on any atom is 0.266 e. The third kappa shape index (κ3) is 2.50. The lowest BCUT2D eigenvalue weighted by atomic mass is 10.2. The van der Waals surface area contributed by atoms with E-state index in [1.165, 1.54) is 0 Å². The number of hydrogen-bond donors (Lipinski definition) is 1. The lowest BCUT2D eigenvalue weighted by molar-refractivity contribution is 0.309. The number of rotatable bonds is 2. The van der Waals surface area contributed by atoms with Crippen LogP contribution in [-0.2, 0) is 0 Å². The molecule has 0 spiro atoms. The van der Waals surface area contributed by atoms with E-state index in [0.29, 0.717) is 17.5 Å². The molecule has 0 aliphatic carbocycles. The largest absolute Gasteiger partial charge is 0.397 e. The normalized spacial score (nSPS) is 16.8. The summed E-state index contributed by atoms with van der Waals surface area (Å²) in [5, 5.41) is 4.02. The van der Waals surface area contributed by atoms with Gasteiger partial charge in [-0.15, -0.1) is 0 Å². The lowest BCUT2D eigenvalue weighted by Gasteiger charge is -2.31. The summed E-state index contributed by atoms with van der Waals surface area (Å²) in [6.45, 7) is 3.82. The molecule has 1 fully saturated rings. The topological polar surface area (TPSA) is 84.3 Å². The first-order valence-electron chi connectivity index (χ1n) is 6.20. The van der Waals surface area contributed by atoms with Crippen molar-refractivity contribution in [1.82, 2.24) is 20.0 Å². The van der Waals surface area contributed by atoms with Gasteiger partial charge in [-0.3, -0.25) is 4.98 Å². The number of piperazine rings is 1. The van der Waals surface area contributed by atoms with Gasteiger partial charge in [-0.2, -0.15) is 4.98 Å². The van der Waals surface area contributed by atoms with Crippen LogP contribution in [0.2, 0.25) is 0 Å². The molecule has 0 amide bonds. The van der Waals surface area contributed by atoms with Crippen molar-refractivity contribution in [3.63, 3.8) is 0 Å². The summed E-state index contributed by atoms with van der Waals surface area (Å²) in [6, 6.07) is 1.77. The standard InChI is InChI=1S/C12H16N6O/c1-17-2-4-18(5-3-17)12-15-11(19-16-12)9-6-10(13)8-14-7-9/h6-8H,2-5,13H2,1H3. The van der Waals surface area contributed by atoms with Crippen LogP contribution in [-0.4, -0.2) is 53.3 Å². The van der Waals surface area contributed by atoms with E-state index in [4.69, 9.17) is 10.3 Å². The van der Waals surface area contributed by atoms with Crippen LogP contribution in [0.4, 0.5) is 11.6 Å². The molecule has 2 aromatic rings. The van der Waals surface area contributed by atoms with Gasteiger partial charge in [0.15, 0.2) is 0 Å². The maximum atomic E-state index is 5.69. The molecule has 7 heteroatoms. The Bertz CT molecular complexity index is 561. The Morgan fingerprint density at radius 1 is 1.21 bits per heavy atom. The van der Waals surface area contributed by atoms with Crippen molar-refractivity contribution in [2.75, 3.05) is 43.9 Å². The second kappa shape index (κ2) is 4.85. The van der Waals surface area contributed by atoms with Crippen LogP contribution in [0.3, 0.4) is 0 Å². The zero-order valence-corrected chi connectivity index (χ0v) is 10.8. The van der Waals surface area contributed by atoms with Crippen molar-refractivity contribution in [2.24, 2.45) is 0 Å². The van der Waals surface area contributed by atoms with Gasteiger partial charge < -0.3 is 20.1 Å². The van der Waals surface area contributed by atoms with E-state index in [-0.39, 0.29) is 0 Å². The molecular formula is C12H16N6O. The second-order valence-electron chi connectivity index (χ2n) is 4.70. The molecule has 1 aliphatic heterocycles. The molecule has 1 saturated heterocycles. The van der Waals surface area contributed by atoms with Crippen molar-refractivity contribution >= 4 is 11.6 Å². The van der Waals surface area contributed by atoms with Crippen molar-refractivity contribution in [3.05, 3.63) is 18.5 Å². The number of aromatic nitrogens is 3. The minimum absolute atomic E-state index is 0.453. The number of hydrogen-bond acceptors (Lipinski definition) is 7. The van der Waals surface area contributed by atoms with E-state index in [2.05, 4.69) is 32.0 Å². The Balaban J connectivity index is 1.80. The molecule has 0 bridgehead atoms. The summed E-state index contributed by atoms with van der Waals surface area (Å²) in [5.74, 6) is 1.08. The minimum Gasteiger partial charge on any atom is -0.397 e. The molecule has 3 heterocycles. The van der Waals surface area contributed by atoms with Crippen LogP contribution in [0.15, 0.2) is 23.0 Å². The predicted octanol–water partition coefficient (Wildman–Crippen LogP) is 0.466. The molecule has 2 N–H and O–H groups in total. The molecule has 0 atom stereocenters. The summed E-state index contributed by atoms with van der Waals surface area (Å²) in [7, 11) is 2.11. The van der Waals surface area contributed by atoms with Gasteiger partial charge in [-0.25, -0.2) is 0 Å². The number of likely N-dealkylation sites (N-methyl/N-ethyl adjacent to an activating group) is 1. The Hall–Kier alpha value is -2.15. The van der Waals surface area contributed by atoms with Gasteiger partial charge in [0.25, 0.3) is 11.8 Å². The molecular weight excluding hydrogens is 244 g/mol. The van der Waals surface area contributed by atoms with E-state index in [0.717, 1.165) is 31.7 Å². The van der Waals surface area contributed by atoms with Crippen molar-refractivity contribution in [2.45, 2.75) is 0 Å². The average molecular weight is 260 g/mol. The Kier molecular flexibility index (Phi) is 3.04. The molecule has 3 rings (SSSR count). The van der Waals surface area contributed by atoms with Gasteiger partial charge in [0.2, 0.25) is 0 Å². The van der Waals surface area contributed by atoms with E-state index < -0.39 is 0 Å². The summed E-state index contributed by atoms with van der Waals surface area (Å²) < 4.78 is 5.27. The highest BCUT2D eigenvalue weighted by Gasteiger charge is 2.19. The number of pyridine rings is 1. The first-order valence-corrected chi connectivity index (χ1v) is 6.20. The maximum absolute atomic E-state index is 5.69. The molecule has 100 valence electrons. The SMILES string of the molecule is CN1CCN(c2noc(-c3cncc(N)c3)n2)CC1. The van der Waals surface area contributed by atoms with Gasteiger partial charge >= 0.3 is 0 Å². The summed E-state index contributed by atoms with van der Waals surface area (Å²) in [4.78, 5) is 12.8. The van der Waals surface area contributed by atoms with E-state index in [1.807, 2.05) is 0 Å². The highest BCUT2D eigenvalue weighted by molar-refractivity contribution is 5.58. The van der Waals surface area contributed by atoms with Gasteiger partial charge in [0, 0.05) is 38.6 Å². The molecule has 0 unspecified atom stereocenters.